The van der Waals surface area contributed by atoms with Crippen molar-refractivity contribution in [3.8, 4) is 5.75 Å². The summed E-state index contributed by atoms with van der Waals surface area (Å²) in [5, 5.41) is 4.13. The molecule has 0 unspecified atom stereocenters. The zero-order chi connectivity index (χ0) is 23.6. The zero-order valence-corrected chi connectivity index (χ0v) is 19.7. The number of piperazine rings is 1. The van der Waals surface area contributed by atoms with Gasteiger partial charge in [-0.15, -0.1) is 0 Å². The highest BCUT2D eigenvalue weighted by Crippen LogP contribution is 2.14. The Morgan fingerprint density at radius 1 is 0.912 bits per heavy atom. The highest BCUT2D eigenvalue weighted by Gasteiger charge is 2.18. The Hall–Kier alpha value is -3.48. The predicted octanol–water partition coefficient (Wildman–Crippen LogP) is 3.84. The maximum Gasteiger partial charge on any atom is 0.254 e. The van der Waals surface area contributed by atoms with Crippen LogP contribution in [0.15, 0.2) is 84.0 Å². The van der Waals surface area contributed by atoms with Gasteiger partial charge in [-0.25, -0.2) is 5.43 Å². The molecular weight excluding hydrogens is 424 g/mol. The molecule has 3 aromatic carbocycles. The van der Waals surface area contributed by atoms with Crippen LogP contribution in [0, 0.1) is 6.92 Å². The van der Waals surface area contributed by atoms with Crippen LogP contribution >= 0.6 is 0 Å². The molecule has 1 N–H and O–H groups in total. The Balaban J connectivity index is 1.17. The smallest absolute Gasteiger partial charge is 0.254 e. The van der Waals surface area contributed by atoms with Crippen LogP contribution in [0.4, 0.5) is 0 Å². The van der Waals surface area contributed by atoms with Crippen molar-refractivity contribution in [3.05, 3.63) is 101 Å². The molecule has 3 aromatic rings. The number of nitrogens with zero attached hydrogens (tertiary/aromatic N) is 3. The van der Waals surface area contributed by atoms with E-state index in [4.69, 9.17) is 4.74 Å². The van der Waals surface area contributed by atoms with Gasteiger partial charge in [0.15, 0.2) is 0 Å². The van der Waals surface area contributed by atoms with Crippen LogP contribution in [-0.4, -0.2) is 54.6 Å². The van der Waals surface area contributed by atoms with Gasteiger partial charge in [0.1, 0.15) is 12.4 Å². The Labute approximate surface area is 201 Å². The first-order valence-corrected chi connectivity index (χ1v) is 11.7. The summed E-state index contributed by atoms with van der Waals surface area (Å²) in [4.78, 5) is 16.9. The molecule has 1 aliphatic heterocycles. The summed E-state index contributed by atoms with van der Waals surface area (Å²) in [5.41, 5.74) is 7.25. The van der Waals surface area contributed by atoms with Crippen molar-refractivity contribution < 1.29 is 9.53 Å². The molecule has 4 rings (SSSR count). The van der Waals surface area contributed by atoms with E-state index in [-0.39, 0.29) is 5.91 Å². The van der Waals surface area contributed by atoms with Gasteiger partial charge < -0.3 is 4.74 Å². The van der Waals surface area contributed by atoms with E-state index in [0.717, 1.165) is 49.6 Å². The maximum atomic E-state index is 12.3. The number of amides is 1. The fraction of sp³-hybridized carbons (Fsp3) is 0.286. The van der Waals surface area contributed by atoms with Crippen LogP contribution in [0.5, 0.6) is 5.75 Å². The van der Waals surface area contributed by atoms with E-state index < -0.39 is 0 Å². The summed E-state index contributed by atoms with van der Waals surface area (Å²) in [7, 11) is 0. The largest absolute Gasteiger partial charge is 0.489 e. The molecule has 0 atom stereocenters. The number of ether oxygens (including phenoxy) is 1. The zero-order valence-electron chi connectivity index (χ0n) is 19.7. The summed E-state index contributed by atoms with van der Waals surface area (Å²) in [6.45, 7) is 7.61. The summed E-state index contributed by atoms with van der Waals surface area (Å²) >= 11 is 0. The maximum absolute atomic E-state index is 12.3. The molecule has 1 aliphatic rings. The number of hydrogen-bond acceptors (Lipinski definition) is 5. The summed E-state index contributed by atoms with van der Waals surface area (Å²) < 4.78 is 5.85. The lowest BCUT2D eigenvalue weighted by molar-refractivity contribution is -0.122. The van der Waals surface area contributed by atoms with E-state index in [1.165, 1.54) is 11.1 Å². The van der Waals surface area contributed by atoms with Gasteiger partial charge in [0, 0.05) is 32.7 Å². The van der Waals surface area contributed by atoms with Gasteiger partial charge in [0.2, 0.25) is 0 Å². The van der Waals surface area contributed by atoms with Crippen molar-refractivity contribution >= 4 is 12.1 Å². The molecule has 1 amide bonds. The monoisotopic (exact) mass is 456 g/mol. The Morgan fingerprint density at radius 3 is 2.41 bits per heavy atom. The molecule has 34 heavy (non-hydrogen) atoms. The number of hydrogen-bond donors (Lipinski definition) is 1. The first-order valence-electron chi connectivity index (χ1n) is 11.7. The lowest BCUT2D eigenvalue weighted by Crippen LogP contribution is -2.48. The Kier molecular flexibility index (Phi) is 8.43. The highest BCUT2D eigenvalue weighted by molar-refractivity contribution is 5.83. The Morgan fingerprint density at radius 2 is 1.65 bits per heavy atom. The van der Waals surface area contributed by atoms with E-state index in [1.54, 1.807) is 6.21 Å². The molecule has 0 saturated carbocycles. The quantitative estimate of drug-likeness (QED) is 0.393. The fourth-order valence-corrected chi connectivity index (χ4v) is 3.90. The van der Waals surface area contributed by atoms with Gasteiger partial charge in [0.05, 0.1) is 12.8 Å². The standard InChI is InChI=1S/C28H32N4O2/c1-23-10-12-24(13-11-23)20-31-14-16-32(17-15-31)21-28(33)30-29-19-26-8-5-9-27(18-26)34-22-25-6-3-2-4-7-25/h2-13,18-19H,14-17,20-22H2,1H3,(H,30,33). The van der Waals surface area contributed by atoms with Crippen molar-refractivity contribution in [1.29, 1.82) is 0 Å². The van der Waals surface area contributed by atoms with Crippen LogP contribution in [0.3, 0.4) is 0 Å². The van der Waals surface area contributed by atoms with Gasteiger partial charge in [-0.05, 0) is 35.7 Å². The normalized spacial score (nSPS) is 14.9. The van der Waals surface area contributed by atoms with E-state index in [0.29, 0.717) is 13.2 Å². The minimum atomic E-state index is -0.0975. The number of aryl methyl sites for hydroxylation is 1. The molecular formula is C28H32N4O2. The van der Waals surface area contributed by atoms with Crippen molar-refractivity contribution in [2.24, 2.45) is 5.10 Å². The van der Waals surface area contributed by atoms with Crippen molar-refractivity contribution in [1.82, 2.24) is 15.2 Å². The average Bonchev–Trinajstić information content (AvgIpc) is 2.86. The van der Waals surface area contributed by atoms with Gasteiger partial charge in [0.25, 0.3) is 5.91 Å². The van der Waals surface area contributed by atoms with Crippen LogP contribution in [-0.2, 0) is 17.9 Å². The third kappa shape index (κ3) is 7.54. The second kappa shape index (κ2) is 12.1. The number of carbonyl (C=O) groups excluding carboxylic acids is 1. The van der Waals surface area contributed by atoms with Crippen molar-refractivity contribution in [2.45, 2.75) is 20.1 Å². The first kappa shape index (κ1) is 23.7. The molecule has 1 heterocycles. The van der Waals surface area contributed by atoms with Gasteiger partial charge in [-0.1, -0.05) is 72.3 Å². The summed E-state index contributed by atoms with van der Waals surface area (Å²) in [6.07, 6.45) is 1.65. The van der Waals surface area contributed by atoms with E-state index >= 15 is 0 Å². The predicted molar refractivity (Wildman–Crippen MR) is 136 cm³/mol. The molecule has 0 bridgehead atoms. The molecule has 6 nitrogen and oxygen atoms in total. The van der Waals surface area contributed by atoms with Crippen LogP contribution in [0.1, 0.15) is 22.3 Å². The molecule has 1 saturated heterocycles. The Bertz CT molecular complexity index is 1080. The number of carbonyl (C=O) groups is 1. The summed E-state index contributed by atoms with van der Waals surface area (Å²) in [6, 6.07) is 26.4. The molecule has 0 radical (unpaired) electrons. The SMILES string of the molecule is Cc1ccc(CN2CCN(CC(=O)NN=Cc3cccc(OCc4ccccc4)c3)CC2)cc1. The van der Waals surface area contributed by atoms with Gasteiger partial charge in [-0.2, -0.15) is 5.10 Å². The molecule has 0 aliphatic carbocycles. The van der Waals surface area contributed by atoms with E-state index in [1.807, 2.05) is 54.6 Å². The summed E-state index contributed by atoms with van der Waals surface area (Å²) in [5.74, 6) is 0.669. The number of benzene rings is 3. The number of hydrazone groups is 1. The van der Waals surface area contributed by atoms with Crippen LogP contribution in [0.25, 0.3) is 0 Å². The van der Waals surface area contributed by atoms with E-state index in [9.17, 15) is 4.79 Å². The molecule has 176 valence electrons. The van der Waals surface area contributed by atoms with E-state index in [2.05, 4.69) is 51.5 Å². The first-order chi connectivity index (χ1) is 16.6. The fourth-order valence-electron chi connectivity index (χ4n) is 3.90. The number of rotatable bonds is 9. The third-order valence-corrected chi connectivity index (χ3v) is 5.87. The van der Waals surface area contributed by atoms with Crippen LogP contribution in [0.2, 0.25) is 0 Å². The van der Waals surface area contributed by atoms with Crippen molar-refractivity contribution in [3.63, 3.8) is 0 Å². The lowest BCUT2D eigenvalue weighted by atomic mass is 10.1. The van der Waals surface area contributed by atoms with Gasteiger partial charge >= 0.3 is 0 Å². The third-order valence-electron chi connectivity index (χ3n) is 5.87. The molecule has 6 heteroatoms. The lowest BCUT2D eigenvalue weighted by Gasteiger charge is -2.34. The van der Waals surface area contributed by atoms with Crippen molar-refractivity contribution in [2.75, 3.05) is 32.7 Å². The average molecular weight is 457 g/mol. The highest BCUT2D eigenvalue weighted by atomic mass is 16.5. The molecule has 0 spiro atoms. The minimum Gasteiger partial charge on any atom is -0.489 e. The second-order valence-corrected chi connectivity index (χ2v) is 8.68. The second-order valence-electron chi connectivity index (χ2n) is 8.68. The van der Waals surface area contributed by atoms with Crippen LogP contribution < -0.4 is 10.2 Å². The number of nitrogens with one attached hydrogen (secondary N) is 1. The molecule has 0 aromatic heterocycles. The minimum absolute atomic E-state index is 0.0975. The topological polar surface area (TPSA) is 57.2 Å². The molecule has 1 fully saturated rings. The van der Waals surface area contributed by atoms with Gasteiger partial charge in [-0.3, -0.25) is 14.6 Å².